The zero-order valence-electron chi connectivity index (χ0n) is 22.6. The van der Waals surface area contributed by atoms with Gasteiger partial charge >= 0.3 is 0 Å². The van der Waals surface area contributed by atoms with Crippen LogP contribution in [0.15, 0.2) is 140 Å². The molecule has 0 N–H and O–H groups in total. The average molecular weight is 550 g/mol. The maximum atomic E-state index is 2.43. The summed E-state index contributed by atoms with van der Waals surface area (Å²) in [4.78, 5) is 0. The summed E-state index contributed by atoms with van der Waals surface area (Å²) in [5, 5.41) is 8.05. The Morgan fingerprint density at radius 2 is 1.02 bits per heavy atom. The molecule has 0 aliphatic heterocycles. The van der Waals surface area contributed by atoms with E-state index in [4.69, 9.17) is 0 Å². The molecule has 0 amide bonds. The third kappa shape index (κ3) is 2.87. The highest BCUT2D eigenvalue weighted by Gasteiger charge is 2.22. The molecule has 2 aromatic heterocycles. The molecule has 2 heterocycles. The maximum absolute atomic E-state index is 2.43. The highest BCUT2D eigenvalue weighted by Crippen LogP contribution is 2.49. The SMILES string of the molecule is c1ccc2c(c1)-c1cccc3c(-c4ccc(-n5c6ccccc6c6c7c(ccc65)sc5ccccc57)cc4)ccc-2c13. The van der Waals surface area contributed by atoms with Crippen LogP contribution in [-0.4, -0.2) is 4.57 Å². The predicted octanol–water partition coefficient (Wildman–Crippen LogP) is 11.6. The molecule has 1 aliphatic carbocycles. The lowest BCUT2D eigenvalue weighted by atomic mass is 9.94. The summed E-state index contributed by atoms with van der Waals surface area (Å²) < 4.78 is 5.12. The minimum absolute atomic E-state index is 1.18. The van der Waals surface area contributed by atoms with Crippen molar-refractivity contribution in [3.63, 3.8) is 0 Å². The van der Waals surface area contributed by atoms with Crippen molar-refractivity contribution >= 4 is 64.1 Å². The Balaban J connectivity index is 1.18. The summed E-state index contributed by atoms with van der Waals surface area (Å²) in [6, 6.07) is 51.6. The van der Waals surface area contributed by atoms with E-state index in [0.717, 1.165) is 0 Å². The van der Waals surface area contributed by atoms with Crippen LogP contribution in [-0.2, 0) is 0 Å². The second-order valence-corrected chi connectivity index (χ2v) is 12.3. The number of thiophene rings is 1. The molecule has 1 aliphatic rings. The summed E-state index contributed by atoms with van der Waals surface area (Å²) in [6.45, 7) is 0. The van der Waals surface area contributed by atoms with Crippen LogP contribution < -0.4 is 0 Å². The van der Waals surface area contributed by atoms with Crippen LogP contribution in [0.2, 0.25) is 0 Å². The predicted molar refractivity (Wildman–Crippen MR) is 181 cm³/mol. The van der Waals surface area contributed by atoms with E-state index in [-0.39, 0.29) is 0 Å². The Kier molecular flexibility index (Phi) is 4.39. The van der Waals surface area contributed by atoms with Crippen LogP contribution in [0.5, 0.6) is 0 Å². The van der Waals surface area contributed by atoms with Gasteiger partial charge in [0.15, 0.2) is 0 Å². The van der Waals surface area contributed by atoms with Gasteiger partial charge in [0.1, 0.15) is 0 Å². The van der Waals surface area contributed by atoms with Gasteiger partial charge in [0.25, 0.3) is 0 Å². The van der Waals surface area contributed by atoms with Crippen LogP contribution in [0.25, 0.3) is 91.8 Å². The Labute approximate surface area is 246 Å². The second-order valence-electron chi connectivity index (χ2n) is 11.3. The highest BCUT2D eigenvalue weighted by molar-refractivity contribution is 7.26. The minimum atomic E-state index is 1.18. The molecule has 7 aromatic carbocycles. The molecule has 194 valence electrons. The van der Waals surface area contributed by atoms with Crippen molar-refractivity contribution < 1.29 is 0 Å². The number of aromatic nitrogens is 1. The summed E-state index contributed by atoms with van der Waals surface area (Å²) >= 11 is 1.88. The third-order valence-corrected chi connectivity index (χ3v) is 10.3. The number of para-hydroxylation sites is 1. The molecule has 42 heavy (non-hydrogen) atoms. The highest BCUT2D eigenvalue weighted by atomic mass is 32.1. The van der Waals surface area contributed by atoms with Crippen molar-refractivity contribution in [2.24, 2.45) is 0 Å². The van der Waals surface area contributed by atoms with E-state index in [1.165, 1.54) is 91.8 Å². The molecule has 1 nitrogen and oxygen atoms in total. The maximum Gasteiger partial charge on any atom is 0.0548 e. The Bertz CT molecular complexity index is 2530. The van der Waals surface area contributed by atoms with Gasteiger partial charge in [-0.2, -0.15) is 0 Å². The van der Waals surface area contributed by atoms with Gasteiger partial charge in [-0.1, -0.05) is 103 Å². The van der Waals surface area contributed by atoms with E-state index in [1.807, 2.05) is 11.3 Å². The zero-order valence-corrected chi connectivity index (χ0v) is 23.5. The Hall–Kier alpha value is -5.18. The topological polar surface area (TPSA) is 4.93 Å². The van der Waals surface area contributed by atoms with Crippen molar-refractivity contribution in [3.05, 3.63) is 140 Å². The fourth-order valence-corrected chi connectivity index (χ4v) is 8.52. The minimum Gasteiger partial charge on any atom is -0.309 e. The summed E-state index contributed by atoms with van der Waals surface area (Å²) in [7, 11) is 0. The molecule has 0 bridgehead atoms. The van der Waals surface area contributed by atoms with Crippen molar-refractivity contribution in [2.45, 2.75) is 0 Å². The molecular formula is C40H23NS. The molecule has 10 rings (SSSR count). The fraction of sp³-hybridized carbons (Fsp3) is 0. The average Bonchev–Trinajstić information content (AvgIpc) is 3.70. The molecule has 0 atom stereocenters. The number of hydrogen-bond acceptors (Lipinski definition) is 1. The monoisotopic (exact) mass is 549 g/mol. The first-order valence-electron chi connectivity index (χ1n) is 14.4. The molecule has 0 spiro atoms. The van der Waals surface area contributed by atoms with E-state index in [1.54, 1.807) is 0 Å². The van der Waals surface area contributed by atoms with Gasteiger partial charge in [0.05, 0.1) is 11.0 Å². The number of hydrogen-bond donors (Lipinski definition) is 0. The lowest BCUT2D eigenvalue weighted by Gasteiger charge is -2.12. The Morgan fingerprint density at radius 3 is 1.88 bits per heavy atom. The fourth-order valence-electron chi connectivity index (χ4n) is 7.40. The largest absolute Gasteiger partial charge is 0.309 e. The Morgan fingerprint density at radius 1 is 0.357 bits per heavy atom. The van der Waals surface area contributed by atoms with Gasteiger partial charge < -0.3 is 4.57 Å². The number of benzene rings is 7. The lowest BCUT2D eigenvalue weighted by Crippen LogP contribution is -1.93. The van der Waals surface area contributed by atoms with Gasteiger partial charge in [-0.3, -0.25) is 0 Å². The van der Waals surface area contributed by atoms with Crippen LogP contribution >= 0.6 is 11.3 Å². The van der Waals surface area contributed by atoms with Crippen LogP contribution in [0.3, 0.4) is 0 Å². The van der Waals surface area contributed by atoms with Crippen LogP contribution in [0.4, 0.5) is 0 Å². The lowest BCUT2D eigenvalue weighted by molar-refractivity contribution is 1.18. The van der Waals surface area contributed by atoms with E-state index in [9.17, 15) is 0 Å². The quantitative estimate of drug-likeness (QED) is 0.202. The van der Waals surface area contributed by atoms with Gasteiger partial charge in [0.2, 0.25) is 0 Å². The smallest absolute Gasteiger partial charge is 0.0548 e. The van der Waals surface area contributed by atoms with Crippen molar-refractivity contribution in [1.82, 2.24) is 4.57 Å². The summed E-state index contributed by atoms with van der Waals surface area (Å²) in [5.74, 6) is 0. The van der Waals surface area contributed by atoms with Gasteiger partial charge in [0, 0.05) is 36.6 Å². The number of fused-ring (bicyclic) bond motifs is 10. The molecule has 0 radical (unpaired) electrons. The van der Waals surface area contributed by atoms with E-state index < -0.39 is 0 Å². The third-order valence-electron chi connectivity index (χ3n) is 9.16. The molecule has 0 saturated carbocycles. The molecule has 0 saturated heterocycles. The number of rotatable bonds is 2. The second kappa shape index (κ2) is 8.19. The van der Waals surface area contributed by atoms with Crippen molar-refractivity contribution in [2.75, 3.05) is 0 Å². The van der Waals surface area contributed by atoms with E-state index in [0.29, 0.717) is 0 Å². The van der Waals surface area contributed by atoms with Crippen molar-refractivity contribution in [1.29, 1.82) is 0 Å². The van der Waals surface area contributed by atoms with Crippen LogP contribution in [0.1, 0.15) is 0 Å². The molecule has 0 fully saturated rings. The zero-order chi connectivity index (χ0) is 27.4. The first-order valence-corrected chi connectivity index (χ1v) is 15.3. The van der Waals surface area contributed by atoms with Crippen LogP contribution in [0, 0.1) is 0 Å². The molecule has 9 aromatic rings. The normalized spacial score (nSPS) is 12.3. The molecule has 0 unspecified atom stereocenters. The molecule has 2 heteroatoms. The van der Waals surface area contributed by atoms with Gasteiger partial charge in [-0.25, -0.2) is 0 Å². The van der Waals surface area contributed by atoms with E-state index in [2.05, 4.69) is 144 Å². The summed E-state index contributed by atoms with van der Waals surface area (Å²) in [5.41, 5.74) is 11.6. The van der Waals surface area contributed by atoms with Gasteiger partial charge in [-0.15, -0.1) is 11.3 Å². The number of nitrogens with zero attached hydrogens (tertiary/aromatic N) is 1. The summed E-state index contributed by atoms with van der Waals surface area (Å²) in [6.07, 6.45) is 0. The van der Waals surface area contributed by atoms with E-state index >= 15 is 0 Å². The standard InChI is InChI=1S/C40H23NS/c1-2-9-28-27(8-1)30-13-7-12-29-26(20-21-31(28)38(29)30)24-16-18-25(19-17-24)41-34-14-5-3-10-32(34)39-35(41)22-23-37-40(39)33-11-4-6-15-36(33)42-37/h1-23H. The molecular weight excluding hydrogens is 527 g/mol. The van der Waals surface area contributed by atoms with Crippen molar-refractivity contribution in [3.8, 4) is 39.1 Å². The first kappa shape index (κ1) is 22.5. The van der Waals surface area contributed by atoms with Gasteiger partial charge in [-0.05, 0) is 80.6 Å². The first-order chi connectivity index (χ1) is 20.8.